The van der Waals surface area contributed by atoms with E-state index in [4.69, 9.17) is 0 Å². The molecule has 3 heteroatoms. The minimum absolute atomic E-state index is 0.192. The number of rotatable bonds is 7. The molecule has 2 nitrogen and oxygen atoms in total. The van der Waals surface area contributed by atoms with Crippen LogP contribution in [0.3, 0.4) is 0 Å². The Morgan fingerprint density at radius 3 is 2.36 bits per heavy atom. The topological polar surface area (TPSA) is 28.7 Å². The van der Waals surface area contributed by atoms with Crippen LogP contribution in [0.25, 0.3) is 0 Å². The highest BCUT2D eigenvalue weighted by Crippen LogP contribution is 2.29. The fourth-order valence-electron chi connectivity index (χ4n) is 3.55. The highest BCUT2D eigenvalue weighted by Gasteiger charge is 2.15. The van der Waals surface area contributed by atoms with Crippen molar-refractivity contribution in [3.8, 4) is 0 Å². The Bertz CT molecular complexity index is 771. The van der Waals surface area contributed by atoms with Gasteiger partial charge in [-0.3, -0.25) is 0 Å². The van der Waals surface area contributed by atoms with E-state index in [0.29, 0.717) is 0 Å². The number of halogens is 1. The first-order chi connectivity index (χ1) is 12.1. The molecule has 0 aliphatic heterocycles. The van der Waals surface area contributed by atoms with Crippen LogP contribution in [0.15, 0.2) is 55.0 Å². The van der Waals surface area contributed by atoms with Gasteiger partial charge in [0.25, 0.3) is 0 Å². The molecule has 130 valence electrons. The number of aromatic nitrogens is 2. The fraction of sp³-hybridized carbons (Fsp3) is 0.318. The molecule has 3 rings (SSSR count). The zero-order valence-corrected chi connectivity index (χ0v) is 14.9. The standard InChI is InChI=1S/C22H25FN2/c1-16-6-5-7-17(2)20(16)8-3-4-9-21(22-14-24-15-25-22)18-10-12-19(23)13-11-18/h5-7,10-15,21H,3-4,8-9H2,1-2H3,(H,24,25). The van der Waals surface area contributed by atoms with E-state index in [1.54, 1.807) is 6.33 Å². The summed E-state index contributed by atoms with van der Waals surface area (Å²) < 4.78 is 13.2. The van der Waals surface area contributed by atoms with Gasteiger partial charge in [0.1, 0.15) is 5.82 Å². The summed E-state index contributed by atoms with van der Waals surface area (Å²) in [6, 6.07) is 13.3. The van der Waals surface area contributed by atoms with Crippen molar-refractivity contribution in [2.24, 2.45) is 0 Å². The smallest absolute Gasteiger partial charge is 0.123 e. The second kappa shape index (κ2) is 8.11. The fourth-order valence-corrected chi connectivity index (χ4v) is 3.55. The number of benzene rings is 2. The van der Waals surface area contributed by atoms with Gasteiger partial charge >= 0.3 is 0 Å². The summed E-state index contributed by atoms with van der Waals surface area (Å²) >= 11 is 0. The third kappa shape index (κ3) is 4.36. The summed E-state index contributed by atoms with van der Waals surface area (Å²) in [6.07, 6.45) is 7.99. The predicted octanol–water partition coefficient (Wildman–Crippen LogP) is 5.71. The first kappa shape index (κ1) is 17.4. The zero-order valence-electron chi connectivity index (χ0n) is 14.9. The normalized spacial score (nSPS) is 12.3. The van der Waals surface area contributed by atoms with E-state index in [9.17, 15) is 4.39 Å². The van der Waals surface area contributed by atoms with Gasteiger partial charge < -0.3 is 4.98 Å². The molecule has 3 aromatic rings. The van der Waals surface area contributed by atoms with Crippen LogP contribution in [0.1, 0.15) is 53.1 Å². The number of aryl methyl sites for hydroxylation is 2. The maximum absolute atomic E-state index is 13.2. The van der Waals surface area contributed by atoms with Gasteiger partial charge in [-0.2, -0.15) is 0 Å². The Morgan fingerprint density at radius 1 is 1.00 bits per heavy atom. The SMILES string of the molecule is Cc1cccc(C)c1CCCCC(c1ccc(F)cc1)c1cnc[nH]1. The molecule has 1 unspecified atom stereocenters. The summed E-state index contributed by atoms with van der Waals surface area (Å²) in [5.74, 6) is 0.0446. The lowest BCUT2D eigenvalue weighted by atomic mass is 9.89. The molecule has 1 N–H and O–H groups in total. The van der Waals surface area contributed by atoms with Crippen LogP contribution >= 0.6 is 0 Å². The highest BCUT2D eigenvalue weighted by atomic mass is 19.1. The van der Waals surface area contributed by atoms with Crippen LogP contribution in [0, 0.1) is 19.7 Å². The summed E-state index contributed by atoms with van der Waals surface area (Å²) in [6.45, 7) is 4.38. The molecule has 0 aliphatic rings. The number of aromatic amines is 1. The van der Waals surface area contributed by atoms with Crippen LogP contribution in [-0.2, 0) is 6.42 Å². The average molecular weight is 336 g/mol. The van der Waals surface area contributed by atoms with Crippen molar-refractivity contribution in [1.29, 1.82) is 0 Å². The van der Waals surface area contributed by atoms with Crippen LogP contribution in [-0.4, -0.2) is 9.97 Å². The summed E-state index contributed by atoms with van der Waals surface area (Å²) in [7, 11) is 0. The van der Waals surface area contributed by atoms with Gasteiger partial charge in [-0.15, -0.1) is 0 Å². The van der Waals surface area contributed by atoms with E-state index >= 15 is 0 Å². The average Bonchev–Trinajstić information content (AvgIpc) is 3.12. The van der Waals surface area contributed by atoms with Crippen molar-refractivity contribution < 1.29 is 4.39 Å². The Hall–Kier alpha value is -2.42. The molecular weight excluding hydrogens is 311 g/mol. The number of H-pyrrole nitrogens is 1. The Balaban J connectivity index is 1.64. The molecule has 0 amide bonds. The van der Waals surface area contributed by atoms with Gasteiger partial charge in [0.15, 0.2) is 0 Å². The molecular formula is C22H25FN2. The Labute approximate surface area is 149 Å². The molecule has 1 aromatic heterocycles. The molecule has 25 heavy (non-hydrogen) atoms. The molecule has 2 aromatic carbocycles. The number of unbranched alkanes of at least 4 members (excludes halogenated alkanes) is 1. The van der Waals surface area contributed by atoms with Gasteiger partial charge in [0.05, 0.1) is 6.33 Å². The van der Waals surface area contributed by atoms with E-state index in [0.717, 1.165) is 36.9 Å². The molecule has 0 aliphatic carbocycles. The lowest BCUT2D eigenvalue weighted by molar-refractivity contribution is 0.608. The predicted molar refractivity (Wildman–Crippen MR) is 100 cm³/mol. The van der Waals surface area contributed by atoms with E-state index < -0.39 is 0 Å². The number of hydrogen-bond donors (Lipinski definition) is 1. The van der Waals surface area contributed by atoms with Crippen molar-refractivity contribution in [2.75, 3.05) is 0 Å². The summed E-state index contributed by atoms with van der Waals surface area (Å²) in [5, 5.41) is 0. The second-order valence-corrected chi connectivity index (χ2v) is 6.73. The molecule has 0 fully saturated rings. The second-order valence-electron chi connectivity index (χ2n) is 6.73. The largest absolute Gasteiger partial charge is 0.348 e. The molecule has 1 heterocycles. The lowest BCUT2D eigenvalue weighted by Crippen LogP contribution is -2.03. The first-order valence-corrected chi connectivity index (χ1v) is 8.94. The van der Waals surface area contributed by atoms with E-state index in [2.05, 4.69) is 42.0 Å². The van der Waals surface area contributed by atoms with Crippen LogP contribution in [0.4, 0.5) is 4.39 Å². The minimum Gasteiger partial charge on any atom is -0.348 e. The quantitative estimate of drug-likeness (QED) is 0.550. The van der Waals surface area contributed by atoms with Gasteiger partial charge in [0.2, 0.25) is 0 Å². The van der Waals surface area contributed by atoms with Crippen molar-refractivity contribution >= 4 is 0 Å². The highest BCUT2D eigenvalue weighted by molar-refractivity contribution is 5.33. The molecule has 0 spiro atoms. The third-order valence-corrected chi connectivity index (χ3v) is 4.98. The van der Waals surface area contributed by atoms with Crippen molar-refractivity contribution in [2.45, 2.75) is 45.4 Å². The van der Waals surface area contributed by atoms with Crippen molar-refractivity contribution in [3.05, 3.63) is 88.8 Å². The van der Waals surface area contributed by atoms with Crippen LogP contribution in [0.5, 0.6) is 0 Å². The van der Waals surface area contributed by atoms with Gasteiger partial charge in [-0.1, -0.05) is 36.8 Å². The van der Waals surface area contributed by atoms with Gasteiger partial charge in [-0.05, 0) is 67.5 Å². The number of hydrogen-bond acceptors (Lipinski definition) is 1. The van der Waals surface area contributed by atoms with Gasteiger partial charge in [-0.25, -0.2) is 9.37 Å². The number of nitrogens with zero attached hydrogens (tertiary/aromatic N) is 1. The number of nitrogens with one attached hydrogen (secondary N) is 1. The van der Waals surface area contributed by atoms with E-state index in [1.165, 1.54) is 28.8 Å². The lowest BCUT2D eigenvalue weighted by Gasteiger charge is -2.16. The van der Waals surface area contributed by atoms with Crippen molar-refractivity contribution in [3.63, 3.8) is 0 Å². The molecule has 0 bridgehead atoms. The maximum Gasteiger partial charge on any atom is 0.123 e. The summed E-state index contributed by atoms with van der Waals surface area (Å²) in [4.78, 5) is 7.38. The van der Waals surface area contributed by atoms with Gasteiger partial charge in [0, 0.05) is 17.8 Å². The Morgan fingerprint density at radius 2 is 1.72 bits per heavy atom. The summed E-state index contributed by atoms with van der Waals surface area (Å²) in [5.41, 5.74) is 6.46. The maximum atomic E-state index is 13.2. The third-order valence-electron chi connectivity index (χ3n) is 4.98. The van der Waals surface area contributed by atoms with Crippen LogP contribution < -0.4 is 0 Å². The molecule has 0 radical (unpaired) electrons. The zero-order chi connectivity index (χ0) is 17.6. The number of imidazole rings is 1. The van der Waals surface area contributed by atoms with Crippen molar-refractivity contribution in [1.82, 2.24) is 9.97 Å². The van der Waals surface area contributed by atoms with Crippen LogP contribution in [0.2, 0.25) is 0 Å². The van der Waals surface area contributed by atoms with E-state index in [-0.39, 0.29) is 11.7 Å². The molecule has 1 atom stereocenters. The monoisotopic (exact) mass is 336 g/mol. The first-order valence-electron chi connectivity index (χ1n) is 8.94. The van der Waals surface area contributed by atoms with E-state index in [1.807, 2.05) is 18.3 Å². The molecule has 0 saturated heterocycles. The minimum atomic E-state index is -0.192. The Kier molecular flexibility index (Phi) is 5.64. The molecule has 0 saturated carbocycles.